The Labute approximate surface area is 84.9 Å². The summed E-state index contributed by atoms with van der Waals surface area (Å²) in [5.74, 6) is -0.279. The van der Waals surface area contributed by atoms with E-state index < -0.39 is 5.54 Å². The van der Waals surface area contributed by atoms with Gasteiger partial charge in [0.25, 0.3) is 5.91 Å². The van der Waals surface area contributed by atoms with E-state index >= 15 is 0 Å². The van der Waals surface area contributed by atoms with Crippen molar-refractivity contribution in [1.29, 1.82) is 0 Å². The van der Waals surface area contributed by atoms with Crippen LogP contribution in [-0.4, -0.2) is 31.8 Å². The standard InChI is InChI=1S/C9H20N2O3/c1-4-9(10,5-2)8(12)11-14-7-6-13-3/h4-7,10H2,1-3H3,(H,11,12). The van der Waals surface area contributed by atoms with Gasteiger partial charge in [-0.25, -0.2) is 5.48 Å². The molecule has 84 valence electrons. The van der Waals surface area contributed by atoms with Gasteiger partial charge >= 0.3 is 0 Å². The first-order valence-electron chi connectivity index (χ1n) is 4.80. The van der Waals surface area contributed by atoms with E-state index in [9.17, 15) is 4.79 Å². The zero-order valence-corrected chi connectivity index (χ0v) is 9.13. The minimum absolute atomic E-state index is 0.279. The summed E-state index contributed by atoms with van der Waals surface area (Å²) >= 11 is 0. The van der Waals surface area contributed by atoms with Crippen LogP contribution in [0.1, 0.15) is 26.7 Å². The first kappa shape index (κ1) is 13.4. The molecule has 0 rings (SSSR count). The number of amides is 1. The number of methoxy groups -OCH3 is 1. The molecule has 3 N–H and O–H groups in total. The molecule has 0 aromatic carbocycles. The number of hydrogen-bond acceptors (Lipinski definition) is 4. The number of rotatable bonds is 7. The van der Waals surface area contributed by atoms with Gasteiger partial charge in [-0.05, 0) is 12.8 Å². The number of carbonyl (C=O) groups excluding carboxylic acids is 1. The molecule has 0 bridgehead atoms. The molecule has 0 aliphatic rings. The molecule has 0 saturated heterocycles. The van der Waals surface area contributed by atoms with Crippen LogP contribution in [0.5, 0.6) is 0 Å². The number of ether oxygens (including phenoxy) is 1. The Kier molecular flexibility index (Phi) is 6.44. The van der Waals surface area contributed by atoms with Crippen molar-refractivity contribution >= 4 is 5.91 Å². The monoisotopic (exact) mass is 204 g/mol. The molecule has 0 aliphatic heterocycles. The van der Waals surface area contributed by atoms with Gasteiger partial charge < -0.3 is 10.5 Å². The predicted octanol–water partition coefficient (Wildman–Crippen LogP) is 0.198. The van der Waals surface area contributed by atoms with Crippen LogP contribution < -0.4 is 11.2 Å². The third-order valence-electron chi connectivity index (χ3n) is 2.27. The highest BCUT2D eigenvalue weighted by atomic mass is 16.7. The molecule has 0 unspecified atom stereocenters. The van der Waals surface area contributed by atoms with Crippen molar-refractivity contribution in [3.63, 3.8) is 0 Å². The molecular weight excluding hydrogens is 184 g/mol. The Morgan fingerprint density at radius 1 is 1.36 bits per heavy atom. The van der Waals surface area contributed by atoms with Gasteiger partial charge in [-0.1, -0.05) is 13.8 Å². The number of hydrogen-bond donors (Lipinski definition) is 2. The molecule has 0 spiro atoms. The first-order chi connectivity index (χ1) is 6.60. The highest BCUT2D eigenvalue weighted by Crippen LogP contribution is 2.10. The maximum Gasteiger partial charge on any atom is 0.263 e. The molecule has 1 amide bonds. The molecule has 14 heavy (non-hydrogen) atoms. The quantitative estimate of drug-likeness (QED) is 0.459. The number of carbonyl (C=O) groups is 1. The summed E-state index contributed by atoms with van der Waals surface area (Å²) in [6, 6.07) is 0. The van der Waals surface area contributed by atoms with Crippen molar-refractivity contribution in [2.24, 2.45) is 5.73 Å². The Morgan fingerprint density at radius 3 is 2.36 bits per heavy atom. The molecule has 0 aromatic rings. The van der Waals surface area contributed by atoms with Crippen LogP contribution >= 0.6 is 0 Å². The fraction of sp³-hybridized carbons (Fsp3) is 0.889. The lowest BCUT2D eigenvalue weighted by Crippen LogP contribution is -2.53. The van der Waals surface area contributed by atoms with Crippen LogP contribution in [0.2, 0.25) is 0 Å². The van der Waals surface area contributed by atoms with Crippen LogP contribution in [0.4, 0.5) is 0 Å². The van der Waals surface area contributed by atoms with Gasteiger partial charge in [0, 0.05) is 7.11 Å². The topological polar surface area (TPSA) is 73.6 Å². The molecule has 0 radical (unpaired) electrons. The molecule has 0 atom stereocenters. The van der Waals surface area contributed by atoms with Crippen LogP contribution in [-0.2, 0) is 14.4 Å². The van der Waals surface area contributed by atoms with E-state index in [1.54, 1.807) is 7.11 Å². The zero-order valence-electron chi connectivity index (χ0n) is 9.13. The summed E-state index contributed by atoms with van der Waals surface area (Å²) in [6.45, 7) is 4.51. The highest BCUT2D eigenvalue weighted by molar-refractivity contribution is 5.84. The third-order valence-corrected chi connectivity index (χ3v) is 2.27. The van der Waals surface area contributed by atoms with Crippen LogP contribution in [0, 0.1) is 0 Å². The van der Waals surface area contributed by atoms with Gasteiger partial charge in [-0.15, -0.1) is 0 Å². The van der Waals surface area contributed by atoms with Crippen molar-refractivity contribution in [3.05, 3.63) is 0 Å². The van der Waals surface area contributed by atoms with Crippen molar-refractivity contribution in [3.8, 4) is 0 Å². The fourth-order valence-corrected chi connectivity index (χ4v) is 0.914. The summed E-state index contributed by atoms with van der Waals surface area (Å²) in [7, 11) is 1.57. The second-order valence-electron chi connectivity index (χ2n) is 3.14. The van der Waals surface area contributed by atoms with Crippen LogP contribution in [0.3, 0.4) is 0 Å². The van der Waals surface area contributed by atoms with E-state index in [2.05, 4.69) is 5.48 Å². The fourth-order valence-electron chi connectivity index (χ4n) is 0.914. The summed E-state index contributed by atoms with van der Waals surface area (Å²) < 4.78 is 4.75. The van der Waals surface area contributed by atoms with Crippen molar-refractivity contribution in [2.75, 3.05) is 20.3 Å². The van der Waals surface area contributed by atoms with E-state index in [1.807, 2.05) is 13.8 Å². The largest absolute Gasteiger partial charge is 0.382 e. The average molecular weight is 204 g/mol. The minimum atomic E-state index is -0.826. The summed E-state index contributed by atoms with van der Waals surface area (Å²) in [5.41, 5.74) is 7.32. The highest BCUT2D eigenvalue weighted by Gasteiger charge is 2.29. The molecule has 0 saturated carbocycles. The van der Waals surface area contributed by atoms with Gasteiger partial charge in [0.1, 0.15) is 0 Å². The van der Waals surface area contributed by atoms with E-state index in [1.165, 1.54) is 0 Å². The molecular formula is C9H20N2O3. The molecule has 0 aliphatic carbocycles. The zero-order chi connectivity index (χ0) is 11.0. The van der Waals surface area contributed by atoms with E-state index in [0.29, 0.717) is 26.1 Å². The van der Waals surface area contributed by atoms with Crippen LogP contribution in [0.15, 0.2) is 0 Å². The Morgan fingerprint density at radius 2 is 1.93 bits per heavy atom. The second-order valence-corrected chi connectivity index (χ2v) is 3.14. The van der Waals surface area contributed by atoms with E-state index in [-0.39, 0.29) is 5.91 Å². The van der Waals surface area contributed by atoms with Gasteiger partial charge in [0.05, 0.1) is 18.8 Å². The molecule has 0 fully saturated rings. The molecule has 5 nitrogen and oxygen atoms in total. The SMILES string of the molecule is CCC(N)(CC)C(=O)NOCCOC. The molecule has 0 heterocycles. The Bertz CT molecular complexity index is 169. The maximum atomic E-state index is 11.5. The lowest BCUT2D eigenvalue weighted by atomic mass is 9.94. The molecule has 0 aromatic heterocycles. The van der Waals surface area contributed by atoms with Gasteiger partial charge in [-0.2, -0.15) is 0 Å². The summed E-state index contributed by atoms with van der Waals surface area (Å²) in [4.78, 5) is 16.4. The molecule has 5 heteroatoms. The average Bonchev–Trinajstić information content (AvgIpc) is 2.22. The maximum absolute atomic E-state index is 11.5. The number of nitrogens with one attached hydrogen (secondary N) is 1. The van der Waals surface area contributed by atoms with Crippen molar-refractivity contribution in [1.82, 2.24) is 5.48 Å². The minimum Gasteiger partial charge on any atom is -0.382 e. The van der Waals surface area contributed by atoms with E-state index in [0.717, 1.165) is 0 Å². The number of nitrogens with two attached hydrogens (primary N) is 1. The van der Waals surface area contributed by atoms with Crippen LogP contribution in [0.25, 0.3) is 0 Å². The smallest absolute Gasteiger partial charge is 0.263 e. The predicted molar refractivity (Wildman–Crippen MR) is 53.5 cm³/mol. The summed E-state index contributed by atoms with van der Waals surface area (Å²) in [6.07, 6.45) is 1.17. The third kappa shape index (κ3) is 4.04. The van der Waals surface area contributed by atoms with Gasteiger partial charge in [0.15, 0.2) is 0 Å². The Hall–Kier alpha value is -0.650. The van der Waals surface area contributed by atoms with Gasteiger partial charge in [0.2, 0.25) is 0 Å². The normalized spacial score (nSPS) is 11.4. The van der Waals surface area contributed by atoms with E-state index in [4.69, 9.17) is 15.3 Å². The number of hydroxylamine groups is 1. The lowest BCUT2D eigenvalue weighted by molar-refractivity contribution is -0.140. The second kappa shape index (κ2) is 6.75. The summed E-state index contributed by atoms with van der Waals surface area (Å²) in [5, 5.41) is 0. The lowest BCUT2D eigenvalue weighted by Gasteiger charge is -2.24. The van der Waals surface area contributed by atoms with Gasteiger partial charge in [-0.3, -0.25) is 9.63 Å². The Balaban J connectivity index is 3.82. The van der Waals surface area contributed by atoms with Crippen molar-refractivity contribution in [2.45, 2.75) is 32.2 Å². The first-order valence-corrected chi connectivity index (χ1v) is 4.80. The van der Waals surface area contributed by atoms with Crippen molar-refractivity contribution < 1.29 is 14.4 Å².